The third-order valence-corrected chi connectivity index (χ3v) is 4.98. The first-order valence-corrected chi connectivity index (χ1v) is 8.95. The summed E-state index contributed by atoms with van der Waals surface area (Å²) in [7, 11) is 1.93. The fourth-order valence-corrected chi connectivity index (χ4v) is 3.42. The third-order valence-electron chi connectivity index (χ3n) is 3.81. The summed E-state index contributed by atoms with van der Waals surface area (Å²) in [6.07, 6.45) is 2.15. The van der Waals surface area contributed by atoms with Gasteiger partial charge in [-0.1, -0.05) is 11.6 Å². The number of halogens is 1. The van der Waals surface area contributed by atoms with E-state index in [0.717, 1.165) is 25.9 Å². The first-order chi connectivity index (χ1) is 10.6. The van der Waals surface area contributed by atoms with Gasteiger partial charge in [-0.25, -0.2) is 0 Å². The molecule has 22 heavy (non-hydrogen) atoms. The number of piperidine rings is 1. The van der Waals surface area contributed by atoms with Gasteiger partial charge in [-0.3, -0.25) is 9.59 Å². The smallest absolute Gasteiger partial charge is 0.232 e. The Bertz CT molecular complexity index is 521. The second-order valence-corrected chi connectivity index (χ2v) is 6.81. The van der Waals surface area contributed by atoms with Crippen LogP contribution in [0, 0.1) is 0 Å². The van der Waals surface area contributed by atoms with Crippen LogP contribution in [0.25, 0.3) is 0 Å². The number of likely N-dealkylation sites (tertiary alicyclic amines) is 1. The van der Waals surface area contributed by atoms with Crippen LogP contribution in [0.3, 0.4) is 0 Å². The fraction of sp³-hybridized carbons (Fsp3) is 0.500. The molecule has 0 aromatic heterocycles. The second-order valence-electron chi connectivity index (χ2n) is 5.39. The highest BCUT2D eigenvalue weighted by atomic mass is 35.5. The molecule has 1 fully saturated rings. The number of Topliss-reactive ketones (excluding diaryl/α,β-unsaturated/α-hetero) is 1. The molecule has 120 valence electrons. The summed E-state index contributed by atoms with van der Waals surface area (Å²) < 4.78 is 0. The zero-order valence-corrected chi connectivity index (χ0v) is 14.3. The molecule has 0 saturated carbocycles. The Morgan fingerprint density at radius 3 is 2.73 bits per heavy atom. The summed E-state index contributed by atoms with van der Waals surface area (Å²) in [5.74, 6) is 0.821. The number of hydrogen-bond donors (Lipinski definition) is 1. The van der Waals surface area contributed by atoms with E-state index in [4.69, 9.17) is 11.6 Å². The summed E-state index contributed by atoms with van der Waals surface area (Å²) in [6.45, 7) is 1.59. The number of likely N-dealkylation sites (N-methyl/N-ethyl adjacent to an activating group) is 1. The van der Waals surface area contributed by atoms with E-state index in [-0.39, 0.29) is 11.7 Å². The number of carbonyl (C=O) groups excluding carboxylic acids is 2. The van der Waals surface area contributed by atoms with E-state index in [0.29, 0.717) is 28.1 Å². The van der Waals surface area contributed by atoms with E-state index in [9.17, 15) is 9.59 Å². The Morgan fingerprint density at radius 1 is 1.32 bits per heavy atom. The molecule has 1 aliphatic heterocycles. The Hall–Kier alpha value is -1.04. The number of benzene rings is 1. The predicted octanol–water partition coefficient (Wildman–Crippen LogP) is 2.47. The minimum Gasteiger partial charge on any atom is -0.340 e. The SMILES string of the molecule is CNC1CCCN(C(=O)CSCC(=O)c2ccc(Cl)cc2)C1. The molecule has 1 amide bonds. The summed E-state index contributed by atoms with van der Waals surface area (Å²) in [5.41, 5.74) is 0.637. The van der Waals surface area contributed by atoms with Crippen molar-refractivity contribution in [1.82, 2.24) is 10.2 Å². The molecule has 1 N–H and O–H groups in total. The fourth-order valence-electron chi connectivity index (χ4n) is 2.48. The van der Waals surface area contributed by atoms with Gasteiger partial charge in [-0.2, -0.15) is 0 Å². The molecule has 0 aliphatic carbocycles. The molecule has 2 rings (SSSR count). The van der Waals surface area contributed by atoms with Gasteiger partial charge in [-0.15, -0.1) is 11.8 Å². The number of ketones is 1. The van der Waals surface area contributed by atoms with Crippen molar-refractivity contribution in [2.45, 2.75) is 18.9 Å². The Labute approximate surface area is 140 Å². The molecule has 6 heteroatoms. The predicted molar refractivity (Wildman–Crippen MR) is 91.8 cm³/mol. The van der Waals surface area contributed by atoms with E-state index in [1.807, 2.05) is 11.9 Å². The largest absolute Gasteiger partial charge is 0.340 e. The monoisotopic (exact) mass is 340 g/mol. The quantitative estimate of drug-likeness (QED) is 0.808. The molecule has 0 spiro atoms. The molecule has 1 atom stereocenters. The first kappa shape index (κ1) is 17.3. The average Bonchev–Trinajstić information content (AvgIpc) is 2.55. The van der Waals surface area contributed by atoms with E-state index >= 15 is 0 Å². The van der Waals surface area contributed by atoms with Crippen molar-refractivity contribution in [3.05, 3.63) is 34.9 Å². The lowest BCUT2D eigenvalue weighted by Crippen LogP contribution is -2.47. The molecule has 1 aromatic carbocycles. The highest BCUT2D eigenvalue weighted by molar-refractivity contribution is 8.00. The number of hydrogen-bond acceptors (Lipinski definition) is 4. The van der Waals surface area contributed by atoms with Gasteiger partial charge in [0.1, 0.15) is 0 Å². The standard InChI is InChI=1S/C16H21ClN2O2S/c1-18-14-3-2-8-19(9-14)16(21)11-22-10-15(20)12-4-6-13(17)7-5-12/h4-7,14,18H,2-3,8-11H2,1H3. The molecule has 1 heterocycles. The van der Waals surface area contributed by atoms with Crippen molar-refractivity contribution in [3.63, 3.8) is 0 Å². The van der Waals surface area contributed by atoms with Crippen molar-refractivity contribution in [2.75, 3.05) is 31.6 Å². The van der Waals surface area contributed by atoms with Crippen LogP contribution in [0.2, 0.25) is 5.02 Å². The van der Waals surface area contributed by atoms with Gasteiger partial charge in [0.05, 0.1) is 11.5 Å². The van der Waals surface area contributed by atoms with Gasteiger partial charge >= 0.3 is 0 Å². The summed E-state index contributed by atoms with van der Waals surface area (Å²) in [5, 5.41) is 3.84. The van der Waals surface area contributed by atoms with Gasteiger partial charge in [0.25, 0.3) is 0 Å². The third kappa shape index (κ3) is 5.00. The Balaban J connectivity index is 1.74. The number of thioether (sulfide) groups is 1. The van der Waals surface area contributed by atoms with Crippen LogP contribution >= 0.6 is 23.4 Å². The van der Waals surface area contributed by atoms with Gasteiger partial charge in [-0.05, 0) is 44.2 Å². The maximum Gasteiger partial charge on any atom is 0.232 e. The van der Waals surface area contributed by atoms with Crippen LogP contribution in [-0.2, 0) is 4.79 Å². The van der Waals surface area contributed by atoms with Gasteiger partial charge in [0, 0.05) is 29.7 Å². The van der Waals surface area contributed by atoms with E-state index in [2.05, 4.69) is 5.32 Å². The molecule has 1 aliphatic rings. The van der Waals surface area contributed by atoms with Crippen molar-refractivity contribution >= 4 is 35.1 Å². The molecule has 1 unspecified atom stereocenters. The molecule has 4 nitrogen and oxygen atoms in total. The van der Waals surface area contributed by atoms with Crippen LogP contribution in [-0.4, -0.2) is 54.3 Å². The zero-order chi connectivity index (χ0) is 15.9. The number of carbonyl (C=O) groups is 2. The Morgan fingerprint density at radius 2 is 2.05 bits per heavy atom. The molecule has 0 radical (unpaired) electrons. The van der Waals surface area contributed by atoms with Crippen LogP contribution in [0.15, 0.2) is 24.3 Å². The van der Waals surface area contributed by atoms with Crippen molar-refractivity contribution in [1.29, 1.82) is 0 Å². The van der Waals surface area contributed by atoms with Gasteiger partial charge in [0.2, 0.25) is 5.91 Å². The highest BCUT2D eigenvalue weighted by Gasteiger charge is 2.22. The normalized spacial score (nSPS) is 18.3. The van der Waals surface area contributed by atoms with E-state index < -0.39 is 0 Å². The van der Waals surface area contributed by atoms with Crippen molar-refractivity contribution in [2.24, 2.45) is 0 Å². The van der Waals surface area contributed by atoms with Crippen LogP contribution < -0.4 is 5.32 Å². The lowest BCUT2D eigenvalue weighted by molar-refractivity contribution is -0.129. The minimum atomic E-state index is 0.0289. The average molecular weight is 341 g/mol. The number of nitrogens with zero attached hydrogens (tertiary/aromatic N) is 1. The summed E-state index contributed by atoms with van der Waals surface area (Å²) >= 11 is 7.18. The van der Waals surface area contributed by atoms with Crippen LogP contribution in [0.5, 0.6) is 0 Å². The lowest BCUT2D eigenvalue weighted by atomic mass is 10.1. The van der Waals surface area contributed by atoms with Gasteiger partial charge in [0.15, 0.2) is 5.78 Å². The molecule has 1 aromatic rings. The van der Waals surface area contributed by atoms with Crippen LogP contribution in [0.1, 0.15) is 23.2 Å². The van der Waals surface area contributed by atoms with E-state index in [1.165, 1.54) is 11.8 Å². The second kappa shape index (κ2) is 8.56. The summed E-state index contributed by atoms with van der Waals surface area (Å²) in [6, 6.07) is 7.23. The minimum absolute atomic E-state index is 0.0289. The molecular weight excluding hydrogens is 320 g/mol. The topological polar surface area (TPSA) is 49.4 Å². The summed E-state index contributed by atoms with van der Waals surface area (Å²) in [4.78, 5) is 26.1. The first-order valence-electron chi connectivity index (χ1n) is 7.41. The Kier molecular flexibility index (Phi) is 6.73. The van der Waals surface area contributed by atoms with E-state index in [1.54, 1.807) is 24.3 Å². The molecular formula is C16H21ClN2O2S. The molecule has 1 saturated heterocycles. The number of rotatable bonds is 6. The zero-order valence-electron chi connectivity index (χ0n) is 12.7. The number of nitrogens with one attached hydrogen (secondary N) is 1. The molecule has 0 bridgehead atoms. The maximum absolute atomic E-state index is 12.2. The lowest BCUT2D eigenvalue weighted by Gasteiger charge is -2.32. The maximum atomic E-state index is 12.2. The van der Waals surface area contributed by atoms with Crippen LogP contribution in [0.4, 0.5) is 0 Å². The van der Waals surface area contributed by atoms with Gasteiger partial charge < -0.3 is 10.2 Å². The van der Waals surface area contributed by atoms with Crippen molar-refractivity contribution < 1.29 is 9.59 Å². The van der Waals surface area contributed by atoms with Crippen molar-refractivity contribution in [3.8, 4) is 0 Å². The number of amides is 1. The highest BCUT2D eigenvalue weighted by Crippen LogP contribution is 2.14.